The van der Waals surface area contributed by atoms with Crippen LogP contribution in [0.2, 0.25) is 0 Å². The van der Waals surface area contributed by atoms with Gasteiger partial charge < -0.3 is 20.9 Å². The molecule has 1 aliphatic rings. The van der Waals surface area contributed by atoms with Crippen LogP contribution in [0, 0.1) is 0 Å². The van der Waals surface area contributed by atoms with E-state index in [1.54, 1.807) is 0 Å². The third kappa shape index (κ3) is 4.09. The molecule has 0 amide bonds. The summed E-state index contributed by atoms with van der Waals surface area (Å²) in [5.74, 6) is -0.891. The Labute approximate surface area is 207 Å². The summed E-state index contributed by atoms with van der Waals surface area (Å²) in [5.41, 5.74) is 16.6. The molecule has 0 aliphatic carbocycles. The zero-order valence-corrected chi connectivity index (χ0v) is 20.2. The van der Waals surface area contributed by atoms with Gasteiger partial charge in [-0.1, -0.05) is 121 Å². The molecule has 178 valence electrons. The van der Waals surface area contributed by atoms with E-state index < -0.39 is 29.1 Å². The fourth-order valence-electron chi connectivity index (χ4n) is 5.27. The van der Waals surface area contributed by atoms with E-state index in [2.05, 4.69) is 0 Å². The van der Waals surface area contributed by atoms with Gasteiger partial charge in [0.05, 0.1) is 11.1 Å². The van der Waals surface area contributed by atoms with E-state index in [-0.39, 0.29) is 0 Å². The molecule has 35 heavy (non-hydrogen) atoms. The monoisotopic (exact) mass is 464 g/mol. The second kappa shape index (κ2) is 9.06. The van der Waals surface area contributed by atoms with Crippen molar-refractivity contribution in [2.75, 3.05) is 0 Å². The first-order chi connectivity index (χ1) is 16.9. The third-order valence-corrected chi connectivity index (χ3v) is 7.00. The Hall–Kier alpha value is -3.28. The minimum absolute atomic E-state index is 0.590. The van der Waals surface area contributed by atoms with Gasteiger partial charge >= 0.3 is 0 Å². The van der Waals surface area contributed by atoms with E-state index >= 15 is 0 Å². The minimum Gasteiger partial charge on any atom is -0.342 e. The largest absolute Gasteiger partial charge is 0.342 e. The molecule has 0 saturated carbocycles. The standard InChI is InChI=1S/C31H32N2O2/c1-29(2)34-27(30(32,23-15-7-3-8-16-23)24-17-9-4-10-18-24)28(35-29)31(33,25-19-11-5-12-20-25)26-21-13-6-14-22-26/h3-22,27-28H,32-33H2,1-2H3. The van der Waals surface area contributed by atoms with Gasteiger partial charge in [0.2, 0.25) is 0 Å². The molecule has 0 bridgehead atoms. The smallest absolute Gasteiger partial charge is 0.164 e. The van der Waals surface area contributed by atoms with E-state index in [1.165, 1.54) is 0 Å². The summed E-state index contributed by atoms with van der Waals surface area (Å²) in [6, 6.07) is 40.3. The van der Waals surface area contributed by atoms with Crippen LogP contribution < -0.4 is 11.5 Å². The Morgan fingerprint density at radius 3 is 0.943 bits per heavy atom. The second-order valence-electron chi connectivity index (χ2n) is 9.68. The van der Waals surface area contributed by atoms with Crippen molar-refractivity contribution in [2.45, 2.75) is 42.9 Å². The molecule has 4 aromatic carbocycles. The highest BCUT2D eigenvalue weighted by molar-refractivity contribution is 5.45. The zero-order valence-electron chi connectivity index (χ0n) is 20.2. The first-order valence-corrected chi connectivity index (χ1v) is 12.0. The van der Waals surface area contributed by atoms with Crippen LogP contribution in [-0.4, -0.2) is 18.0 Å². The molecule has 2 atom stereocenters. The third-order valence-electron chi connectivity index (χ3n) is 7.00. The molecule has 1 fully saturated rings. The summed E-state index contributed by atoms with van der Waals surface area (Å²) < 4.78 is 13.4. The predicted octanol–water partition coefficient (Wildman–Crippen LogP) is 5.31. The fourth-order valence-corrected chi connectivity index (χ4v) is 5.27. The van der Waals surface area contributed by atoms with Crippen molar-refractivity contribution < 1.29 is 9.47 Å². The van der Waals surface area contributed by atoms with Gasteiger partial charge in [-0.05, 0) is 36.1 Å². The highest BCUT2D eigenvalue weighted by atomic mass is 16.8. The molecule has 2 unspecified atom stereocenters. The van der Waals surface area contributed by atoms with E-state index in [0.717, 1.165) is 22.3 Å². The van der Waals surface area contributed by atoms with Gasteiger partial charge in [0.15, 0.2) is 5.79 Å². The Morgan fingerprint density at radius 1 is 0.486 bits per heavy atom. The van der Waals surface area contributed by atoms with Crippen LogP contribution in [0.4, 0.5) is 0 Å². The summed E-state index contributed by atoms with van der Waals surface area (Å²) in [4.78, 5) is 0. The molecule has 1 aliphatic heterocycles. The summed E-state index contributed by atoms with van der Waals surface area (Å²) in [6.07, 6.45) is -1.18. The topological polar surface area (TPSA) is 70.5 Å². The number of hydrogen-bond acceptors (Lipinski definition) is 4. The lowest BCUT2D eigenvalue weighted by molar-refractivity contribution is -0.154. The lowest BCUT2D eigenvalue weighted by atomic mass is 9.69. The predicted molar refractivity (Wildman–Crippen MR) is 140 cm³/mol. The molecule has 4 aromatic rings. The van der Waals surface area contributed by atoms with Gasteiger partial charge in [-0.25, -0.2) is 0 Å². The quantitative estimate of drug-likeness (QED) is 0.406. The van der Waals surface area contributed by atoms with Crippen molar-refractivity contribution in [3.05, 3.63) is 144 Å². The molecule has 1 saturated heterocycles. The molecule has 4 N–H and O–H groups in total. The zero-order chi connectivity index (χ0) is 24.5. The number of rotatable bonds is 6. The Morgan fingerprint density at radius 2 is 0.714 bits per heavy atom. The molecular formula is C31H32N2O2. The van der Waals surface area contributed by atoms with Crippen molar-refractivity contribution in [3.8, 4) is 0 Å². The molecular weight excluding hydrogens is 432 g/mol. The normalized spacial score (nSPS) is 20.0. The van der Waals surface area contributed by atoms with Crippen molar-refractivity contribution in [3.63, 3.8) is 0 Å². The van der Waals surface area contributed by atoms with Crippen molar-refractivity contribution in [2.24, 2.45) is 11.5 Å². The number of ether oxygens (including phenoxy) is 2. The molecule has 0 aromatic heterocycles. The Kier molecular flexibility index (Phi) is 6.07. The molecule has 5 rings (SSSR count). The van der Waals surface area contributed by atoms with Gasteiger partial charge in [-0.3, -0.25) is 0 Å². The van der Waals surface area contributed by atoms with Crippen LogP contribution in [0.25, 0.3) is 0 Å². The van der Waals surface area contributed by atoms with E-state index in [0.29, 0.717) is 0 Å². The maximum atomic E-state index is 7.45. The summed E-state index contributed by atoms with van der Waals surface area (Å²) in [6.45, 7) is 3.85. The van der Waals surface area contributed by atoms with Gasteiger partial charge in [0, 0.05) is 0 Å². The van der Waals surface area contributed by atoms with Gasteiger partial charge in [-0.15, -0.1) is 0 Å². The van der Waals surface area contributed by atoms with Crippen LogP contribution in [0.3, 0.4) is 0 Å². The van der Waals surface area contributed by atoms with E-state index in [4.69, 9.17) is 20.9 Å². The molecule has 0 radical (unpaired) electrons. The summed E-state index contributed by atoms with van der Waals surface area (Å²) >= 11 is 0. The summed E-state index contributed by atoms with van der Waals surface area (Å²) in [5, 5.41) is 0. The average molecular weight is 465 g/mol. The van der Waals surface area contributed by atoms with Crippen LogP contribution in [-0.2, 0) is 20.6 Å². The highest BCUT2D eigenvalue weighted by Gasteiger charge is 2.59. The first-order valence-electron chi connectivity index (χ1n) is 12.0. The van der Waals surface area contributed by atoms with E-state index in [9.17, 15) is 0 Å². The minimum atomic E-state index is -1.02. The van der Waals surface area contributed by atoms with Crippen LogP contribution in [0.5, 0.6) is 0 Å². The Bertz CT molecular complexity index is 1070. The highest BCUT2D eigenvalue weighted by Crippen LogP contribution is 2.48. The van der Waals surface area contributed by atoms with Crippen LogP contribution in [0.1, 0.15) is 36.1 Å². The lowest BCUT2D eigenvalue weighted by Crippen LogP contribution is -2.61. The lowest BCUT2D eigenvalue weighted by Gasteiger charge is -2.44. The average Bonchev–Trinajstić information content (AvgIpc) is 3.26. The Balaban J connectivity index is 1.76. The fraction of sp³-hybridized carbons (Fsp3) is 0.226. The maximum Gasteiger partial charge on any atom is 0.164 e. The van der Waals surface area contributed by atoms with Crippen molar-refractivity contribution >= 4 is 0 Å². The number of benzene rings is 4. The van der Waals surface area contributed by atoms with Crippen LogP contribution in [0.15, 0.2) is 121 Å². The molecule has 4 heteroatoms. The molecule has 4 nitrogen and oxygen atoms in total. The van der Waals surface area contributed by atoms with Gasteiger partial charge in [-0.2, -0.15) is 0 Å². The van der Waals surface area contributed by atoms with Gasteiger partial charge in [0.25, 0.3) is 0 Å². The van der Waals surface area contributed by atoms with Crippen LogP contribution >= 0.6 is 0 Å². The molecule has 0 spiro atoms. The number of hydrogen-bond donors (Lipinski definition) is 2. The first kappa shape index (κ1) is 23.5. The van der Waals surface area contributed by atoms with Crippen molar-refractivity contribution in [1.29, 1.82) is 0 Å². The molecule has 1 heterocycles. The van der Waals surface area contributed by atoms with Gasteiger partial charge in [0.1, 0.15) is 12.2 Å². The second-order valence-corrected chi connectivity index (χ2v) is 9.68. The number of nitrogens with two attached hydrogens (primary N) is 2. The SMILES string of the molecule is CC1(C)OC(C(N)(c2ccccc2)c2ccccc2)C(C(N)(c2ccccc2)c2ccccc2)O1. The van der Waals surface area contributed by atoms with Crippen molar-refractivity contribution in [1.82, 2.24) is 0 Å². The maximum absolute atomic E-state index is 7.45. The summed E-state index contributed by atoms with van der Waals surface area (Å²) in [7, 11) is 0. The van der Waals surface area contributed by atoms with E-state index in [1.807, 2.05) is 135 Å².